The average Bonchev–Trinajstić information content (AvgIpc) is 3.07. The van der Waals surface area contributed by atoms with E-state index >= 15 is 0 Å². The molecule has 1 aliphatic heterocycles. The van der Waals surface area contributed by atoms with Crippen LogP contribution in [0, 0.1) is 0 Å². The summed E-state index contributed by atoms with van der Waals surface area (Å²) in [7, 11) is 0. The second kappa shape index (κ2) is 16.5. The lowest BCUT2D eigenvalue weighted by atomic mass is 9.90. The third-order valence-corrected chi connectivity index (χ3v) is 8.43. The number of carbonyl (C=O) groups is 7. The van der Waals surface area contributed by atoms with Crippen LogP contribution >= 0.6 is 11.8 Å². The van der Waals surface area contributed by atoms with Crippen LogP contribution in [0.25, 0.3) is 33.4 Å². The molecule has 18 heteroatoms. The molecule has 0 spiro atoms. The van der Waals surface area contributed by atoms with Gasteiger partial charge in [-0.05, 0) is 55.8 Å². The molecule has 0 saturated heterocycles. The van der Waals surface area contributed by atoms with Crippen molar-refractivity contribution in [3.05, 3.63) is 70.4 Å². The maximum Gasteiger partial charge on any atom is 0.340 e. The quantitative estimate of drug-likeness (QED) is 0.0626. The number of hydrogen-bond acceptors (Lipinski definition) is 11. The number of primary amides is 1. The summed E-state index contributed by atoms with van der Waals surface area (Å²) in [5.41, 5.74) is 8.16. The number of aromatic hydroxyl groups is 1. The first-order chi connectivity index (χ1) is 24.5. The standard InChI is InChI=1S/C34H34N6O11S/c1-16(31(46)37-17(2)32(47)39-40(18(3)41)34(35)50)36-28(44)10-11-52-15-29(45)38-19-4-7-22(25(12-19)33(48)49)30-23-8-5-20(42)13-26(23)51-27-14-21(43)6-9-24(27)30/h4-9,12-14,16-17,42H,10-11,15H2,1-3H3,(H2,35,50)(H,36,44)(H,37,46)(H,38,45)(H,39,47)(H,48,49). The molecular weight excluding hydrogens is 700 g/mol. The second-order valence-electron chi connectivity index (χ2n) is 11.4. The number of benzene rings is 3. The van der Waals surface area contributed by atoms with Gasteiger partial charge in [-0.3, -0.25) is 34.2 Å². The van der Waals surface area contributed by atoms with Gasteiger partial charge in [-0.2, -0.15) is 16.8 Å². The van der Waals surface area contributed by atoms with E-state index in [-0.39, 0.29) is 62.3 Å². The van der Waals surface area contributed by atoms with Gasteiger partial charge >= 0.3 is 12.0 Å². The van der Waals surface area contributed by atoms with E-state index < -0.39 is 53.6 Å². The molecule has 1 heterocycles. The number of nitrogens with two attached hydrogens (primary N) is 1. The van der Waals surface area contributed by atoms with Crippen LogP contribution in [0.5, 0.6) is 5.75 Å². The molecule has 2 aliphatic rings. The lowest BCUT2D eigenvalue weighted by Gasteiger charge is -2.22. The molecule has 0 radical (unpaired) electrons. The number of imide groups is 1. The summed E-state index contributed by atoms with van der Waals surface area (Å²) in [6.45, 7) is 3.67. The van der Waals surface area contributed by atoms with Gasteiger partial charge in [-0.25, -0.2) is 9.59 Å². The molecule has 1 aliphatic carbocycles. The molecule has 7 amide bonds. The van der Waals surface area contributed by atoms with Gasteiger partial charge in [0.15, 0.2) is 5.43 Å². The third-order valence-electron chi connectivity index (χ3n) is 7.47. The lowest BCUT2D eigenvalue weighted by Crippen LogP contribution is -2.57. The Kier molecular flexibility index (Phi) is 12.2. The number of thioether (sulfide) groups is 1. The largest absolute Gasteiger partial charge is 0.508 e. The number of carboxylic acid groups (broad SMARTS) is 1. The molecule has 2 aromatic rings. The predicted molar refractivity (Wildman–Crippen MR) is 189 cm³/mol. The van der Waals surface area contributed by atoms with Gasteiger partial charge < -0.3 is 36.3 Å². The number of amides is 7. The molecule has 272 valence electrons. The Balaban J connectivity index is 1.32. The molecule has 0 bridgehead atoms. The number of nitrogens with zero attached hydrogens (tertiary/aromatic N) is 1. The van der Waals surface area contributed by atoms with Crippen molar-refractivity contribution in [3.8, 4) is 28.2 Å². The summed E-state index contributed by atoms with van der Waals surface area (Å²) in [6, 6.07) is 9.36. The molecule has 0 aromatic heterocycles. The van der Waals surface area contributed by atoms with Crippen LogP contribution in [0.15, 0.2) is 63.8 Å². The van der Waals surface area contributed by atoms with E-state index in [1.54, 1.807) is 6.07 Å². The highest BCUT2D eigenvalue weighted by atomic mass is 32.2. The van der Waals surface area contributed by atoms with E-state index in [9.17, 15) is 48.6 Å². The number of fused-ring (bicyclic) bond motifs is 2. The number of anilines is 1. The van der Waals surface area contributed by atoms with E-state index in [1.807, 2.05) is 5.43 Å². The minimum atomic E-state index is -1.28. The van der Waals surface area contributed by atoms with Crippen LogP contribution in [0.3, 0.4) is 0 Å². The topological polar surface area (TPSA) is 268 Å². The van der Waals surface area contributed by atoms with E-state index in [1.165, 1.54) is 62.4 Å². The molecule has 2 aromatic carbocycles. The minimum Gasteiger partial charge on any atom is -0.508 e. The first kappa shape index (κ1) is 38.4. The van der Waals surface area contributed by atoms with Gasteiger partial charge in [0.2, 0.25) is 23.6 Å². The van der Waals surface area contributed by atoms with Crippen molar-refractivity contribution in [2.45, 2.75) is 39.3 Å². The normalized spacial score (nSPS) is 12.0. The molecule has 2 atom stereocenters. The number of hydrazine groups is 1. The van der Waals surface area contributed by atoms with Crippen LogP contribution in [0.2, 0.25) is 0 Å². The summed E-state index contributed by atoms with van der Waals surface area (Å²) in [6.07, 6.45) is -0.0630. The Morgan fingerprint density at radius 1 is 0.885 bits per heavy atom. The van der Waals surface area contributed by atoms with Gasteiger partial charge in [0.05, 0.1) is 11.3 Å². The zero-order valence-corrected chi connectivity index (χ0v) is 28.8. The zero-order valence-electron chi connectivity index (χ0n) is 28.0. The fourth-order valence-corrected chi connectivity index (χ4v) is 5.70. The average molecular weight is 735 g/mol. The van der Waals surface area contributed by atoms with E-state index in [0.717, 1.165) is 18.7 Å². The Hall–Kier alpha value is -6.43. The van der Waals surface area contributed by atoms with Crippen molar-refractivity contribution in [3.63, 3.8) is 0 Å². The summed E-state index contributed by atoms with van der Waals surface area (Å²) in [5, 5.41) is 28.4. The second-order valence-corrected chi connectivity index (χ2v) is 12.5. The van der Waals surface area contributed by atoms with Crippen molar-refractivity contribution in [2.75, 3.05) is 16.8 Å². The van der Waals surface area contributed by atoms with Crippen LogP contribution in [-0.4, -0.2) is 80.3 Å². The molecule has 0 fully saturated rings. The third kappa shape index (κ3) is 9.42. The maximum atomic E-state index is 12.7. The molecule has 4 rings (SSSR count). The monoisotopic (exact) mass is 734 g/mol. The maximum absolute atomic E-state index is 12.7. The number of rotatable bonds is 12. The number of carboxylic acids is 1. The highest BCUT2D eigenvalue weighted by Gasteiger charge is 2.25. The summed E-state index contributed by atoms with van der Waals surface area (Å²) >= 11 is 1.12. The Bertz CT molecular complexity index is 2100. The number of hydrogen-bond donors (Lipinski definition) is 7. The van der Waals surface area contributed by atoms with Crippen LogP contribution in [-0.2, 0) is 24.0 Å². The molecule has 0 saturated carbocycles. The van der Waals surface area contributed by atoms with E-state index in [0.29, 0.717) is 16.5 Å². The summed E-state index contributed by atoms with van der Waals surface area (Å²) in [5.74, 6) is -4.51. The van der Waals surface area contributed by atoms with Crippen molar-refractivity contribution in [1.82, 2.24) is 21.1 Å². The highest BCUT2D eigenvalue weighted by molar-refractivity contribution is 7.99. The van der Waals surface area contributed by atoms with Crippen molar-refractivity contribution >= 4 is 70.0 Å². The number of phenols is 1. The predicted octanol–water partition coefficient (Wildman–Crippen LogP) is 2.00. The van der Waals surface area contributed by atoms with Gasteiger partial charge in [0.25, 0.3) is 5.91 Å². The fraction of sp³-hybridized carbons (Fsp3) is 0.235. The van der Waals surface area contributed by atoms with Gasteiger partial charge in [-0.15, -0.1) is 0 Å². The highest BCUT2D eigenvalue weighted by Crippen LogP contribution is 2.42. The van der Waals surface area contributed by atoms with Crippen molar-refractivity contribution in [1.29, 1.82) is 0 Å². The summed E-state index contributed by atoms with van der Waals surface area (Å²) < 4.78 is 5.84. The zero-order chi connectivity index (χ0) is 38.3. The molecule has 8 N–H and O–H groups in total. The van der Waals surface area contributed by atoms with Gasteiger partial charge in [0, 0.05) is 53.4 Å². The SMILES string of the molecule is CC(=O)N(NC(=O)C(C)NC(=O)C(C)NC(=O)CCSCC(=O)Nc1ccc(-c2c3ccc(=O)cc-3oc3cc(O)ccc23)c(C(=O)O)c1)C(N)=O. The number of urea groups is 1. The van der Waals surface area contributed by atoms with Crippen LogP contribution < -0.4 is 32.5 Å². The Morgan fingerprint density at radius 2 is 1.58 bits per heavy atom. The first-order valence-corrected chi connectivity index (χ1v) is 16.7. The number of carbonyl (C=O) groups excluding carboxylic acids is 6. The van der Waals surface area contributed by atoms with E-state index in [2.05, 4.69) is 16.0 Å². The number of phenolic OH excluding ortho intramolecular Hbond substituents is 1. The lowest BCUT2D eigenvalue weighted by molar-refractivity contribution is -0.138. The van der Waals surface area contributed by atoms with Crippen LogP contribution in [0.4, 0.5) is 10.5 Å². The Morgan fingerprint density at radius 3 is 2.25 bits per heavy atom. The van der Waals surface area contributed by atoms with E-state index in [4.69, 9.17) is 10.2 Å². The van der Waals surface area contributed by atoms with Gasteiger partial charge in [-0.1, -0.05) is 6.07 Å². The van der Waals surface area contributed by atoms with Crippen molar-refractivity contribution in [2.24, 2.45) is 5.73 Å². The van der Waals surface area contributed by atoms with Crippen LogP contribution in [0.1, 0.15) is 37.6 Å². The fourth-order valence-electron chi connectivity index (χ4n) is 4.97. The smallest absolute Gasteiger partial charge is 0.340 e. The minimum absolute atomic E-state index is 0.0630. The number of aromatic carboxylic acids is 1. The molecular formula is C34H34N6O11S. The Labute approximate surface area is 299 Å². The summed E-state index contributed by atoms with van der Waals surface area (Å²) in [4.78, 5) is 96.9. The van der Waals surface area contributed by atoms with Crippen molar-refractivity contribution < 1.29 is 48.2 Å². The number of nitrogens with one attached hydrogen (secondary N) is 4. The molecule has 17 nitrogen and oxygen atoms in total. The molecule has 52 heavy (non-hydrogen) atoms. The van der Waals surface area contributed by atoms with Gasteiger partial charge in [0.1, 0.15) is 29.2 Å². The first-order valence-electron chi connectivity index (χ1n) is 15.5. The molecule has 2 unspecified atom stereocenters.